The van der Waals surface area contributed by atoms with Gasteiger partial charge in [0.2, 0.25) is 0 Å². The zero-order chi connectivity index (χ0) is 13.8. The molecule has 100 valence electrons. The van der Waals surface area contributed by atoms with Gasteiger partial charge < -0.3 is 5.11 Å². The second kappa shape index (κ2) is 5.99. The van der Waals surface area contributed by atoms with E-state index >= 15 is 0 Å². The fourth-order valence-corrected chi connectivity index (χ4v) is 3.26. The Hall–Kier alpha value is -1.97. The minimum atomic E-state index is -0.00714. The number of thiazole rings is 1. The Morgan fingerprint density at radius 2 is 1.45 bits per heavy atom. The van der Waals surface area contributed by atoms with Crippen LogP contribution in [-0.4, -0.2) is 10.1 Å². The highest BCUT2D eigenvalue weighted by Gasteiger charge is 2.19. The molecule has 0 aliphatic rings. The van der Waals surface area contributed by atoms with E-state index in [0.29, 0.717) is 0 Å². The van der Waals surface area contributed by atoms with E-state index in [1.165, 1.54) is 11.1 Å². The molecular weight excluding hydrogens is 266 g/mol. The van der Waals surface area contributed by atoms with Crippen molar-refractivity contribution in [2.24, 2.45) is 0 Å². The smallest absolute Gasteiger partial charge is 0.105 e. The molecule has 1 N–H and O–H groups in total. The molecule has 0 amide bonds. The van der Waals surface area contributed by atoms with Crippen molar-refractivity contribution in [2.75, 3.05) is 0 Å². The zero-order valence-electron chi connectivity index (χ0n) is 10.9. The first-order valence-electron chi connectivity index (χ1n) is 6.53. The Morgan fingerprint density at radius 3 is 1.90 bits per heavy atom. The largest absolute Gasteiger partial charge is 0.390 e. The van der Waals surface area contributed by atoms with E-state index in [-0.39, 0.29) is 12.5 Å². The van der Waals surface area contributed by atoms with Crippen LogP contribution in [-0.2, 0) is 6.61 Å². The highest BCUT2D eigenvalue weighted by Crippen LogP contribution is 2.33. The van der Waals surface area contributed by atoms with Gasteiger partial charge in [0.05, 0.1) is 18.2 Å². The molecule has 1 heterocycles. The lowest BCUT2D eigenvalue weighted by Crippen LogP contribution is -2.03. The van der Waals surface area contributed by atoms with Gasteiger partial charge in [-0.25, -0.2) is 4.98 Å². The van der Waals surface area contributed by atoms with Crippen LogP contribution in [0.1, 0.15) is 27.7 Å². The van der Waals surface area contributed by atoms with Crippen LogP contribution in [0.15, 0.2) is 66.0 Å². The summed E-state index contributed by atoms with van der Waals surface area (Å²) in [5.74, 6) is 0.127. The van der Waals surface area contributed by atoms with Crippen LogP contribution in [0.4, 0.5) is 0 Å². The lowest BCUT2D eigenvalue weighted by Gasteiger charge is -2.15. The molecule has 20 heavy (non-hydrogen) atoms. The SMILES string of the molecule is OCc1csc(C(c2ccccc2)c2ccccc2)n1. The standard InChI is InChI=1S/C17H15NOS/c19-11-15-12-20-17(18-15)16(13-7-3-1-4-8-13)14-9-5-2-6-10-14/h1-10,12,16,19H,11H2. The number of hydrogen-bond acceptors (Lipinski definition) is 3. The van der Waals surface area contributed by atoms with Crippen molar-refractivity contribution in [3.63, 3.8) is 0 Å². The number of rotatable bonds is 4. The molecule has 2 nitrogen and oxygen atoms in total. The second-order valence-electron chi connectivity index (χ2n) is 4.59. The molecule has 0 spiro atoms. The highest BCUT2D eigenvalue weighted by atomic mass is 32.1. The van der Waals surface area contributed by atoms with Crippen LogP contribution in [0, 0.1) is 0 Å². The minimum Gasteiger partial charge on any atom is -0.390 e. The van der Waals surface area contributed by atoms with Crippen LogP contribution in [0.5, 0.6) is 0 Å². The van der Waals surface area contributed by atoms with Gasteiger partial charge >= 0.3 is 0 Å². The third-order valence-electron chi connectivity index (χ3n) is 3.24. The van der Waals surface area contributed by atoms with Gasteiger partial charge in [-0.15, -0.1) is 11.3 Å². The van der Waals surface area contributed by atoms with Gasteiger partial charge in [-0.1, -0.05) is 60.7 Å². The fraction of sp³-hybridized carbons (Fsp3) is 0.118. The number of benzene rings is 2. The number of aromatic nitrogens is 1. The normalized spacial score (nSPS) is 10.9. The summed E-state index contributed by atoms with van der Waals surface area (Å²) in [5.41, 5.74) is 3.18. The molecule has 3 aromatic rings. The zero-order valence-corrected chi connectivity index (χ0v) is 11.8. The molecule has 0 unspecified atom stereocenters. The Morgan fingerprint density at radius 1 is 0.900 bits per heavy atom. The average molecular weight is 281 g/mol. The highest BCUT2D eigenvalue weighted by molar-refractivity contribution is 7.09. The Labute approximate surface area is 122 Å². The quantitative estimate of drug-likeness (QED) is 0.788. The van der Waals surface area contributed by atoms with Gasteiger partial charge in [0.25, 0.3) is 0 Å². The first kappa shape index (κ1) is 13.0. The number of nitrogens with zero attached hydrogens (tertiary/aromatic N) is 1. The van der Waals surface area contributed by atoms with Gasteiger partial charge in [-0.05, 0) is 11.1 Å². The molecular formula is C17H15NOS. The summed E-state index contributed by atoms with van der Waals surface area (Å²) < 4.78 is 0. The first-order chi connectivity index (χ1) is 9.88. The Bertz CT molecular complexity index is 624. The molecule has 3 rings (SSSR count). The molecule has 0 fully saturated rings. The van der Waals surface area contributed by atoms with Crippen molar-refractivity contribution in [1.29, 1.82) is 0 Å². The monoisotopic (exact) mass is 281 g/mol. The summed E-state index contributed by atoms with van der Waals surface area (Å²) >= 11 is 1.60. The molecule has 0 aliphatic heterocycles. The van der Waals surface area contributed by atoms with Gasteiger partial charge in [0.15, 0.2) is 0 Å². The van der Waals surface area contributed by atoms with E-state index in [0.717, 1.165) is 10.7 Å². The molecule has 0 atom stereocenters. The predicted molar refractivity (Wildman–Crippen MR) is 81.9 cm³/mol. The lowest BCUT2D eigenvalue weighted by molar-refractivity contribution is 0.277. The number of aliphatic hydroxyl groups excluding tert-OH is 1. The van der Waals surface area contributed by atoms with E-state index in [1.54, 1.807) is 11.3 Å². The molecule has 0 saturated heterocycles. The van der Waals surface area contributed by atoms with E-state index in [9.17, 15) is 5.11 Å². The number of hydrogen-bond donors (Lipinski definition) is 1. The van der Waals surface area contributed by atoms with Crippen molar-refractivity contribution in [3.05, 3.63) is 87.9 Å². The van der Waals surface area contributed by atoms with Gasteiger partial charge in [0.1, 0.15) is 5.01 Å². The molecule has 2 aromatic carbocycles. The molecule has 0 saturated carbocycles. The fourth-order valence-electron chi connectivity index (χ4n) is 2.30. The summed E-state index contributed by atoms with van der Waals surface area (Å²) in [6.07, 6.45) is 0. The second-order valence-corrected chi connectivity index (χ2v) is 5.48. The van der Waals surface area contributed by atoms with Crippen molar-refractivity contribution >= 4 is 11.3 Å². The van der Waals surface area contributed by atoms with E-state index in [2.05, 4.69) is 29.2 Å². The maximum atomic E-state index is 9.22. The molecule has 0 bridgehead atoms. The van der Waals surface area contributed by atoms with Crippen LogP contribution in [0.2, 0.25) is 0 Å². The van der Waals surface area contributed by atoms with E-state index in [4.69, 9.17) is 0 Å². The third kappa shape index (κ3) is 2.64. The van der Waals surface area contributed by atoms with Gasteiger partial charge in [0, 0.05) is 5.38 Å². The predicted octanol–water partition coefficient (Wildman–Crippen LogP) is 3.82. The summed E-state index contributed by atoms with van der Waals surface area (Å²) in [6, 6.07) is 20.7. The summed E-state index contributed by atoms with van der Waals surface area (Å²) in [6.45, 7) is -0.00714. The Balaban J connectivity index is 2.09. The summed E-state index contributed by atoms with van der Waals surface area (Å²) in [4.78, 5) is 4.55. The molecule has 0 radical (unpaired) electrons. The first-order valence-corrected chi connectivity index (χ1v) is 7.41. The topological polar surface area (TPSA) is 33.1 Å². The minimum absolute atomic E-state index is 0.00714. The Kier molecular flexibility index (Phi) is 3.90. The average Bonchev–Trinajstić information content (AvgIpc) is 2.98. The maximum absolute atomic E-state index is 9.22. The molecule has 0 aliphatic carbocycles. The maximum Gasteiger partial charge on any atom is 0.105 e. The molecule has 1 aromatic heterocycles. The van der Waals surface area contributed by atoms with Crippen molar-refractivity contribution < 1.29 is 5.11 Å². The third-order valence-corrected chi connectivity index (χ3v) is 4.20. The van der Waals surface area contributed by atoms with Crippen molar-refractivity contribution in [3.8, 4) is 0 Å². The van der Waals surface area contributed by atoms with E-state index < -0.39 is 0 Å². The van der Waals surface area contributed by atoms with Crippen LogP contribution < -0.4 is 0 Å². The van der Waals surface area contributed by atoms with Gasteiger partial charge in [-0.2, -0.15) is 0 Å². The van der Waals surface area contributed by atoms with Crippen molar-refractivity contribution in [2.45, 2.75) is 12.5 Å². The van der Waals surface area contributed by atoms with Crippen LogP contribution >= 0.6 is 11.3 Å². The molecule has 3 heteroatoms. The van der Waals surface area contributed by atoms with Crippen LogP contribution in [0.3, 0.4) is 0 Å². The van der Waals surface area contributed by atoms with E-state index in [1.807, 2.05) is 41.8 Å². The summed E-state index contributed by atoms with van der Waals surface area (Å²) in [7, 11) is 0. The number of aliphatic hydroxyl groups is 1. The van der Waals surface area contributed by atoms with Crippen LogP contribution in [0.25, 0.3) is 0 Å². The van der Waals surface area contributed by atoms with Gasteiger partial charge in [-0.3, -0.25) is 0 Å². The van der Waals surface area contributed by atoms with Crippen molar-refractivity contribution in [1.82, 2.24) is 4.98 Å². The lowest BCUT2D eigenvalue weighted by atomic mass is 9.92. The summed E-state index contributed by atoms with van der Waals surface area (Å²) in [5, 5.41) is 12.2.